The molecule has 1 heterocycles. The van der Waals surface area contributed by atoms with Crippen LogP contribution in [0.5, 0.6) is 0 Å². The molecule has 2 rings (SSSR count). The maximum Gasteiger partial charge on any atom is 0.343 e. The van der Waals surface area contributed by atoms with Gasteiger partial charge in [0.2, 0.25) is 0 Å². The maximum atomic E-state index is 11.6. The lowest BCUT2D eigenvalue weighted by molar-refractivity contribution is 0.590. The number of hydrogen-bond donors (Lipinski definition) is 1. The molecule has 0 bridgehead atoms. The summed E-state index contributed by atoms with van der Waals surface area (Å²) in [4.78, 5) is 11.6. The summed E-state index contributed by atoms with van der Waals surface area (Å²) in [5.74, 6) is 0.818. The highest BCUT2D eigenvalue weighted by atomic mass is 32.2. The fourth-order valence-electron chi connectivity index (χ4n) is 2.08. The summed E-state index contributed by atoms with van der Waals surface area (Å²) in [7, 11) is 0. The Balaban J connectivity index is 2.05. The van der Waals surface area contributed by atoms with Crippen LogP contribution in [0.15, 0.2) is 34.2 Å². The molecule has 2 aromatic rings. The standard InChI is InChI=1S/C16H23N3OS/c1-5-10-19-14(20)17-18-15(19)21-11-12-6-8-13(9-7-12)16(2,3)4/h6-9H,5,10-11H2,1-4H3,(H,17,20). The largest absolute Gasteiger partial charge is 0.343 e. The van der Waals surface area contributed by atoms with Gasteiger partial charge >= 0.3 is 5.69 Å². The summed E-state index contributed by atoms with van der Waals surface area (Å²) in [5, 5.41) is 7.38. The molecule has 0 saturated heterocycles. The van der Waals surface area contributed by atoms with E-state index in [4.69, 9.17) is 0 Å². The average Bonchev–Trinajstić information content (AvgIpc) is 2.78. The zero-order chi connectivity index (χ0) is 15.5. The molecule has 0 atom stereocenters. The fraction of sp³-hybridized carbons (Fsp3) is 0.500. The van der Waals surface area contributed by atoms with E-state index in [1.165, 1.54) is 11.1 Å². The molecule has 4 nitrogen and oxygen atoms in total. The van der Waals surface area contributed by atoms with Crippen molar-refractivity contribution in [2.24, 2.45) is 0 Å². The van der Waals surface area contributed by atoms with Crippen LogP contribution in [-0.4, -0.2) is 14.8 Å². The van der Waals surface area contributed by atoms with Gasteiger partial charge in [-0.25, -0.2) is 9.89 Å². The van der Waals surface area contributed by atoms with Gasteiger partial charge in [-0.05, 0) is 23.0 Å². The summed E-state index contributed by atoms with van der Waals surface area (Å²) in [6, 6.07) is 8.67. The van der Waals surface area contributed by atoms with Gasteiger partial charge in [-0.3, -0.25) is 4.57 Å². The summed E-state index contributed by atoms with van der Waals surface area (Å²) in [6.45, 7) is 9.40. The van der Waals surface area contributed by atoms with Crippen molar-refractivity contribution >= 4 is 11.8 Å². The molecule has 21 heavy (non-hydrogen) atoms. The second-order valence-electron chi connectivity index (χ2n) is 6.20. The van der Waals surface area contributed by atoms with Crippen molar-refractivity contribution in [2.75, 3.05) is 0 Å². The van der Waals surface area contributed by atoms with E-state index in [9.17, 15) is 4.79 Å². The topological polar surface area (TPSA) is 50.7 Å². The molecular formula is C16H23N3OS. The molecule has 1 N–H and O–H groups in total. The minimum atomic E-state index is -0.123. The van der Waals surface area contributed by atoms with Gasteiger partial charge in [0.1, 0.15) is 0 Å². The quantitative estimate of drug-likeness (QED) is 0.859. The van der Waals surface area contributed by atoms with Crippen molar-refractivity contribution in [2.45, 2.75) is 57.0 Å². The number of nitrogens with one attached hydrogen (secondary N) is 1. The second kappa shape index (κ2) is 6.52. The first kappa shape index (κ1) is 15.9. The van der Waals surface area contributed by atoms with E-state index < -0.39 is 0 Å². The Bertz CT molecular complexity index is 635. The van der Waals surface area contributed by atoms with Crippen molar-refractivity contribution in [3.05, 3.63) is 45.9 Å². The minimum absolute atomic E-state index is 0.123. The Hall–Kier alpha value is -1.49. The monoisotopic (exact) mass is 305 g/mol. The van der Waals surface area contributed by atoms with Crippen LogP contribution in [0.1, 0.15) is 45.2 Å². The Morgan fingerprint density at radius 1 is 1.24 bits per heavy atom. The van der Waals surface area contributed by atoms with Gasteiger partial charge in [0.05, 0.1) is 0 Å². The minimum Gasteiger partial charge on any atom is -0.270 e. The lowest BCUT2D eigenvalue weighted by Crippen LogP contribution is -2.17. The second-order valence-corrected chi connectivity index (χ2v) is 7.14. The molecule has 0 aliphatic rings. The lowest BCUT2D eigenvalue weighted by Gasteiger charge is -2.19. The van der Waals surface area contributed by atoms with Crippen LogP contribution >= 0.6 is 11.8 Å². The van der Waals surface area contributed by atoms with E-state index in [1.807, 2.05) is 0 Å². The van der Waals surface area contributed by atoms with Crippen LogP contribution < -0.4 is 5.69 Å². The van der Waals surface area contributed by atoms with E-state index in [-0.39, 0.29) is 11.1 Å². The summed E-state index contributed by atoms with van der Waals surface area (Å²) in [5.41, 5.74) is 2.63. The third kappa shape index (κ3) is 4.00. The summed E-state index contributed by atoms with van der Waals surface area (Å²) in [6.07, 6.45) is 0.924. The van der Waals surface area contributed by atoms with Gasteiger partial charge in [0.15, 0.2) is 5.16 Å². The van der Waals surface area contributed by atoms with Gasteiger partial charge in [-0.2, -0.15) is 0 Å². The third-order valence-electron chi connectivity index (χ3n) is 3.36. The van der Waals surface area contributed by atoms with Gasteiger partial charge in [-0.15, -0.1) is 5.10 Å². The van der Waals surface area contributed by atoms with E-state index >= 15 is 0 Å². The molecule has 0 spiro atoms. The van der Waals surface area contributed by atoms with E-state index in [0.717, 1.165) is 17.3 Å². The number of H-pyrrole nitrogens is 1. The molecule has 0 aliphatic carbocycles. The number of hydrogen-bond acceptors (Lipinski definition) is 3. The Morgan fingerprint density at radius 3 is 2.48 bits per heavy atom. The van der Waals surface area contributed by atoms with E-state index in [2.05, 4.69) is 62.2 Å². The molecule has 1 aromatic heterocycles. The molecule has 0 unspecified atom stereocenters. The third-order valence-corrected chi connectivity index (χ3v) is 4.41. The summed E-state index contributed by atoms with van der Waals surface area (Å²) < 4.78 is 1.70. The highest BCUT2D eigenvalue weighted by molar-refractivity contribution is 7.98. The maximum absolute atomic E-state index is 11.6. The van der Waals surface area contributed by atoms with Gasteiger partial charge in [-0.1, -0.05) is 63.7 Å². The van der Waals surface area contributed by atoms with E-state index in [1.54, 1.807) is 16.3 Å². The van der Waals surface area contributed by atoms with E-state index in [0.29, 0.717) is 6.54 Å². The lowest BCUT2D eigenvalue weighted by atomic mass is 9.87. The zero-order valence-electron chi connectivity index (χ0n) is 13.1. The van der Waals surface area contributed by atoms with Crippen molar-refractivity contribution in [1.82, 2.24) is 14.8 Å². The Morgan fingerprint density at radius 2 is 1.90 bits per heavy atom. The molecule has 0 aliphatic heterocycles. The molecule has 0 radical (unpaired) electrons. The zero-order valence-corrected chi connectivity index (χ0v) is 14.0. The smallest absolute Gasteiger partial charge is 0.270 e. The fourth-order valence-corrected chi connectivity index (χ4v) is 3.01. The first-order valence-electron chi connectivity index (χ1n) is 7.29. The number of nitrogens with zero attached hydrogens (tertiary/aromatic N) is 2. The SMILES string of the molecule is CCCn1c(SCc2ccc(C(C)(C)C)cc2)n[nH]c1=O. The van der Waals surface area contributed by atoms with Gasteiger partial charge in [0.25, 0.3) is 0 Å². The van der Waals surface area contributed by atoms with Crippen LogP contribution in [0.25, 0.3) is 0 Å². The molecule has 0 saturated carbocycles. The Kier molecular flexibility index (Phi) is 4.93. The predicted molar refractivity (Wildman–Crippen MR) is 87.8 cm³/mol. The first-order valence-corrected chi connectivity index (χ1v) is 8.28. The molecule has 5 heteroatoms. The average molecular weight is 305 g/mol. The van der Waals surface area contributed by atoms with Crippen LogP contribution in [0.4, 0.5) is 0 Å². The first-order chi connectivity index (χ1) is 9.91. The van der Waals surface area contributed by atoms with Crippen molar-refractivity contribution < 1.29 is 0 Å². The number of aromatic nitrogens is 3. The Labute approximate surface area is 130 Å². The van der Waals surface area contributed by atoms with Crippen molar-refractivity contribution in [1.29, 1.82) is 0 Å². The van der Waals surface area contributed by atoms with Crippen LogP contribution in [-0.2, 0) is 17.7 Å². The molecule has 114 valence electrons. The molecule has 0 amide bonds. The number of aromatic amines is 1. The molecule has 1 aromatic carbocycles. The number of rotatable bonds is 5. The van der Waals surface area contributed by atoms with Gasteiger partial charge in [0, 0.05) is 12.3 Å². The highest BCUT2D eigenvalue weighted by Crippen LogP contribution is 2.24. The van der Waals surface area contributed by atoms with Crippen LogP contribution in [0, 0.1) is 0 Å². The molecule has 0 fully saturated rings. The predicted octanol–water partition coefficient (Wildman–Crippen LogP) is 3.57. The summed E-state index contributed by atoms with van der Waals surface area (Å²) >= 11 is 1.59. The van der Waals surface area contributed by atoms with Crippen molar-refractivity contribution in [3.63, 3.8) is 0 Å². The molecular weight excluding hydrogens is 282 g/mol. The number of benzene rings is 1. The van der Waals surface area contributed by atoms with Crippen LogP contribution in [0.2, 0.25) is 0 Å². The van der Waals surface area contributed by atoms with Gasteiger partial charge < -0.3 is 0 Å². The number of thioether (sulfide) groups is 1. The van der Waals surface area contributed by atoms with Crippen molar-refractivity contribution in [3.8, 4) is 0 Å². The normalized spacial score (nSPS) is 11.8. The highest BCUT2D eigenvalue weighted by Gasteiger charge is 2.13. The van der Waals surface area contributed by atoms with Crippen LogP contribution in [0.3, 0.4) is 0 Å².